The predicted octanol–water partition coefficient (Wildman–Crippen LogP) is 1.65. The van der Waals surface area contributed by atoms with Crippen LogP contribution in [0.2, 0.25) is 0 Å². The van der Waals surface area contributed by atoms with Crippen molar-refractivity contribution < 1.29 is 19.4 Å². The highest BCUT2D eigenvalue weighted by Gasteiger charge is 2.31. The average Bonchev–Trinajstić information content (AvgIpc) is 2.94. The van der Waals surface area contributed by atoms with Gasteiger partial charge < -0.3 is 19.6 Å². The van der Waals surface area contributed by atoms with Crippen molar-refractivity contribution in [1.29, 1.82) is 0 Å². The summed E-state index contributed by atoms with van der Waals surface area (Å²) in [6, 6.07) is 0.119. The Morgan fingerprint density at radius 2 is 1.86 bits per heavy atom. The Labute approximate surface area is 126 Å². The van der Waals surface area contributed by atoms with Crippen LogP contribution in [0.25, 0.3) is 0 Å². The molecule has 6 heteroatoms. The first-order chi connectivity index (χ1) is 10.1. The number of carbonyl (C=O) groups is 2. The van der Waals surface area contributed by atoms with Gasteiger partial charge in [-0.3, -0.25) is 4.79 Å². The molecule has 2 amide bonds. The van der Waals surface area contributed by atoms with Gasteiger partial charge in [0.05, 0.1) is 6.61 Å². The van der Waals surface area contributed by atoms with E-state index >= 15 is 0 Å². The maximum absolute atomic E-state index is 12.5. The van der Waals surface area contributed by atoms with Crippen molar-refractivity contribution in [3.8, 4) is 0 Å². The highest BCUT2D eigenvalue weighted by Crippen LogP contribution is 2.24. The fourth-order valence-corrected chi connectivity index (χ4v) is 3.38. The highest BCUT2D eigenvalue weighted by molar-refractivity contribution is 5.75. The van der Waals surface area contributed by atoms with E-state index in [0.29, 0.717) is 31.4 Å². The summed E-state index contributed by atoms with van der Waals surface area (Å²) in [5, 5.41) is 8.73. The van der Waals surface area contributed by atoms with Crippen LogP contribution in [0.4, 0.5) is 4.79 Å². The number of hydrogen-bond donors (Lipinski definition) is 1. The summed E-state index contributed by atoms with van der Waals surface area (Å²) in [6.45, 7) is 3.79. The minimum atomic E-state index is -0.752. The number of amides is 2. The molecular formula is C15H26N2O4. The Balaban J connectivity index is 1.79. The molecule has 2 saturated heterocycles. The first kappa shape index (κ1) is 16.1. The van der Waals surface area contributed by atoms with Crippen molar-refractivity contribution in [2.45, 2.75) is 32.1 Å². The molecule has 2 aliphatic heterocycles. The van der Waals surface area contributed by atoms with E-state index in [1.54, 1.807) is 7.11 Å². The zero-order valence-electron chi connectivity index (χ0n) is 12.8. The van der Waals surface area contributed by atoms with Crippen molar-refractivity contribution in [2.75, 3.05) is 39.9 Å². The van der Waals surface area contributed by atoms with E-state index < -0.39 is 5.97 Å². The van der Waals surface area contributed by atoms with Crippen molar-refractivity contribution in [1.82, 2.24) is 9.80 Å². The van der Waals surface area contributed by atoms with Crippen LogP contribution in [0, 0.1) is 11.8 Å². The van der Waals surface area contributed by atoms with Crippen LogP contribution < -0.4 is 0 Å². The number of methoxy groups -OCH3 is 1. The number of aliphatic carboxylic acids is 1. The lowest BCUT2D eigenvalue weighted by Gasteiger charge is -2.35. The molecular weight excluding hydrogens is 272 g/mol. The fraction of sp³-hybridized carbons (Fsp3) is 0.867. The maximum atomic E-state index is 12.5. The first-order valence-corrected chi connectivity index (χ1v) is 7.84. The van der Waals surface area contributed by atoms with Gasteiger partial charge in [-0.1, -0.05) is 0 Å². The molecule has 2 aliphatic rings. The standard InChI is InChI=1S/C15H26N2O4/c1-21-11-13-3-2-7-16(10-13)15(20)17-8-6-12(9-17)4-5-14(18)19/h12-13H,2-11H2,1H3,(H,18,19). The third-order valence-corrected chi connectivity index (χ3v) is 4.51. The Bertz CT molecular complexity index is 373. The molecule has 6 nitrogen and oxygen atoms in total. The van der Waals surface area contributed by atoms with E-state index in [9.17, 15) is 9.59 Å². The Morgan fingerprint density at radius 1 is 1.14 bits per heavy atom. The monoisotopic (exact) mass is 298 g/mol. The molecule has 0 aromatic rings. The number of likely N-dealkylation sites (tertiary alicyclic amines) is 2. The molecule has 0 saturated carbocycles. The van der Waals surface area contributed by atoms with Crippen molar-refractivity contribution in [2.24, 2.45) is 11.8 Å². The van der Waals surface area contributed by atoms with E-state index in [4.69, 9.17) is 9.84 Å². The minimum Gasteiger partial charge on any atom is -0.481 e. The summed E-state index contributed by atoms with van der Waals surface area (Å²) >= 11 is 0. The second-order valence-corrected chi connectivity index (χ2v) is 6.23. The van der Waals surface area contributed by atoms with Crippen molar-refractivity contribution in [3.63, 3.8) is 0 Å². The van der Waals surface area contributed by atoms with E-state index in [1.807, 2.05) is 9.80 Å². The number of ether oxygens (including phenoxy) is 1. The van der Waals surface area contributed by atoms with E-state index in [-0.39, 0.29) is 12.5 Å². The summed E-state index contributed by atoms with van der Waals surface area (Å²) in [6.07, 6.45) is 3.96. The third-order valence-electron chi connectivity index (χ3n) is 4.51. The molecule has 21 heavy (non-hydrogen) atoms. The second kappa shape index (κ2) is 7.64. The fourth-order valence-electron chi connectivity index (χ4n) is 3.38. The minimum absolute atomic E-state index is 0.119. The van der Waals surface area contributed by atoms with Gasteiger partial charge in [0.1, 0.15) is 0 Å². The molecule has 0 radical (unpaired) electrons. The maximum Gasteiger partial charge on any atom is 0.320 e. The van der Waals surface area contributed by atoms with Gasteiger partial charge in [-0.25, -0.2) is 4.79 Å². The van der Waals surface area contributed by atoms with Crippen molar-refractivity contribution >= 4 is 12.0 Å². The molecule has 2 rings (SSSR count). The van der Waals surface area contributed by atoms with Gasteiger partial charge in [0.2, 0.25) is 0 Å². The number of rotatable bonds is 5. The molecule has 0 aliphatic carbocycles. The summed E-state index contributed by atoms with van der Waals surface area (Å²) < 4.78 is 5.20. The number of hydrogen-bond acceptors (Lipinski definition) is 3. The summed E-state index contributed by atoms with van der Waals surface area (Å²) in [7, 11) is 1.70. The number of carboxylic acid groups (broad SMARTS) is 1. The lowest BCUT2D eigenvalue weighted by Crippen LogP contribution is -2.47. The topological polar surface area (TPSA) is 70.1 Å². The quantitative estimate of drug-likeness (QED) is 0.838. The molecule has 0 aromatic carbocycles. The molecule has 2 heterocycles. The molecule has 2 atom stereocenters. The normalized spacial score (nSPS) is 26.1. The van der Waals surface area contributed by atoms with Gasteiger partial charge >= 0.3 is 12.0 Å². The number of carboxylic acids is 1. The van der Waals surface area contributed by atoms with Crippen LogP contribution >= 0.6 is 0 Å². The number of nitrogens with zero attached hydrogens (tertiary/aromatic N) is 2. The van der Waals surface area contributed by atoms with Crippen LogP contribution in [-0.4, -0.2) is 66.8 Å². The molecule has 2 fully saturated rings. The lowest BCUT2D eigenvalue weighted by molar-refractivity contribution is -0.137. The zero-order valence-corrected chi connectivity index (χ0v) is 12.8. The Morgan fingerprint density at radius 3 is 2.57 bits per heavy atom. The van der Waals surface area contributed by atoms with Crippen LogP contribution in [0.5, 0.6) is 0 Å². The molecule has 0 bridgehead atoms. The smallest absolute Gasteiger partial charge is 0.320 e. The summed E-state index contributed by atoms with van der Waals surface area (Å²) in [5.41, 5.74) is 0. The molecule has 0 aromatic heterocycles. The Kier molecular flexibility index (Phi) is 5.85. The van der Waals surface area contributed by atoms with E-state index in [0.717, 1.165) is 38.9 Å². The van der Waals surface area contributed by atoms with Crippen molar-refractivity contribution in [3.05, 3.63) is 0 Å². The Hall–Kier alpha value is -1.30. The predicted molar refractivity (Wildman–Crippen MR) is 78.1 cm³/mol. The lowest BCUT2D eigenvalue weighted by atomic mass is 9.99. The largest absolute Gasteiger partial charge is 0.481 e. The molecule has 2 unspecified atom stereocenters. The van der Waals surface area contributed by atoms with Gasteiger partial charge in [0, 0.05) is 45.6 Å². The van der Waals surface area contributed by atoms with Crippen LogP contribution in [0.1, 0.15) is 32.1 Å². The number of piperidine rings is 1. The molecule has 0 spiro atoms. The van der Waals surface area contributed by atoms with Crippen LogP contribution in [0.3, 0.4) is 0 Å². The van der Waals surface area contributed by atoms with Crippen LogP contribution in [0.15, 0.2) is 0 Å². The van der Waals surface area contributed by atoms with Gasteiger partial charge in [-0.2, -0.15) is 0 Å². The van der Waals surface area contributed by atoms with E-state index in [1.165, 1.54) is 0 Å². The SMILES string of the molecule is COCC1CCCN(C(=O)N2CCC(CCC(=O)O)C2)C1. The van der Waals surface area contributed by atoms with Gasteiger partial charge in [0.15, 0.2) is 0 Å². The summed E-state index contributed by atoms with van der Waals surface area (Å²) in [5.74, 6) is 0.0286. The zero-order chi connectivity index (χ0) is 15.2. The first-order valence-electron chi connectivity index (χ1n) is 7.84. The van der Waals surface area contributed by atoms with Gasteiger partial charge in [0.25, 0.3) is 0 Å². The van der Waals surface area contributed by atoms with Crippen LogP contribution in [-0.2, 0) is 9.53 Å². The third kappa shape index (κ3) is 4.59. The van der Waals surface area contributed by atoms with Gasteiger partial charge in [-0.05, 0) is 31.6 Å². The molecule has 1 N–H and O–H groups in total. The van der Waals surface area contributed by atoms with E-state index in [2.05, 4.69) is 0 Å². The van der Waals surface area contributed by atoms with Gasteiger partial charge in [-0.15, -0.1) is 0 Å². The summed E-state index contributed by atoms with van der Waals surface area (Å²) in [4.78, 5) is 27.0. The number of carbonyl (C=O) groups excluding carboxylic acids is 1. The average molecular weight is 298 g/mol. The highest BCUT2D eigenvalue weighted by atomic mass is 16.5. The number of urea groups is 1. The molecule has 120 valence electrons. The second-order valence-electron chi connectivity index (χ2n) is 6.23.